The Hall–Kier alpha value is -1.88. The van der Waals surface area contributed by atoms with Gasteiger partial charge < -0.3 is 10.6 Å². The molecular formula is C14H19N3O2. The number of hydrogen-bond donors (Lipinski definition) is 2. The Balaban J connectivity index is 2.33. The number of imide groups is 1. The predicted octanol–water partition coefficient (Wildman–Crippen LogP) is 0.948. The molecule has 3 N–H and O–H groups in total. The van der Waals surface area contributed by atoms with Gasteiger partial charge in [0.25, 0.3) is 5.91 Å². The van der Waals surface area contributed by atoms with Crippen molar-refractivity contribution in [3.8, 4) is 0 Å². The van der Waals surface area contributed by atoms with E-state index in [0.29, 0.717) is 0 Å². The molecule has 1 aliphatic heterocycles. The van der Waals surface area contributed by atoms with Gasteiger partial charge in [-0.1, -0.05) is 12.1 Å². The van der Waals surface area contributed by atoms with Crippen LogP contribution >= 0.6 is 0 Å². The summed E-state index contributed by atoms with van der Waals surface area (Å²) in [5.74, 6) is -0.555. The lowest BCUT2D eigenvalue weighted by Gasteiger charge is -2.41. The van der Waals surface area contributed by atoms with Gasteiger partial charge in [0.05, 0.1) is 6.54 Å². The Morgan fingerprint density at radius 1 is 1.26 bits per heavy atom. The van der Waals surface area contributed by atoms with E-state index in [-0.39, 0.29) is 24.4 Å². The van der Waals surface area contributed by atoms with Gasteiger partial charge in [-0.05, 0) is 38.5 Å². The molecular weight excluding hydrogens is 242 g/mol. The van der Waals surface area contributed by atoms with Crippen LogP contribution in [0.5, 0.6) is 0 Å². The van der Waals surface area contributed by atoms with E-state index < -0.39 is 5.54 Å². The molecule has 1 aromatic carbocycles. The van der Waals surface area contributed by atoms with Crippen LogP contribution in [0.4, 0.5) is 5.69 Å². The van der Waals surface area contributed by atoms with Gasteiger partial charge >= 0.3 is 0 Å². The first-order chi connectivity index (χ1) is 8.82. The van der Waals surface area contributed by atoms with Crippen molar-refractivity contribution in [3.63, 3.8) is 0 Å². The average Bonchev–Trinajstić information content (AvgIpc) is 2.34. The highest BCUT2D eigenvalue weighted by Crippen LogP contribution is 2.27. The topological polar surface area (TPSA) is 75.4 Å². The number of anilines is 1. The van der Waals surface area contributed by atoms with Gasteiger partial charge in [0, 0.05) is 11.7 Å². The fourth-order valence-corrected chi connectivity index (χ4v) is 2.15. The predicted molar refractivity (Wildman–Crippen MR) is 73.6 cm³/mol. The lowest BCUT2D eigenvalue weighted by molar-refractivity contribution is -0.135. The van der Waals surface area contributed by atoms with Crippen LogP contribution in [-0.4, -0.2) is 23.9 Å². The van der Waals surface area contributed by atoms with Crippen LogP contribution in [0, 0.1) is 0 Å². The van der Waals surface area contributed by atoms with Crippen LogP contribution in [0.25, 0.3) is 0 Å². The molecule has 0 aliphatic carbocycles. The fourth-order valence-electron chi connectivity index (χ4n) is 2.15. The van der Waals surface area contributed by atoms with Crippen molar-refractivity contribution in [2.45, 2.75) is 32.4 Å². The van der Waals surface area contributed by atoms with Gasteiger partial charge in [0.1, 0.15) is 5.54 Å². The summed E-state index contributed by atoms with van der Waals surface area (Å²) in [5.41, 5.74) is 6.93. The summed E-state index contributed by atoms with van der Waals surface area (Å²) in [5, 5.41) is 2.36. The molecule has 1 aliphatic rings. The van der Waals surface area contributed by atoms with E-state index in [1.165, 1.54) is 0 Å². The molecule has 5 heteroatoms. The lowest BCUT2D eigenvalue weighted by Crippen LogP contribution is -2.64. The number of benzene rings is 1. The van der Waals surface area contributed by atoms with Gasteiger partial charge in [-0.3, -0.25) is 14.9 Å². The molecule has 19 heavy (non-hydrogen) atoms. The van der Waals surface area contributed by atoms with Crippen molar-refractivity contribution < 1.29 is 9.59 Å². The molecule has 0 radical (unpaired) electrons. The van der Waals surface area contributed by atoms with Crippen LogP contribution in [0.3, 0.4) is 0 Å². The molecule has 1 heterocycles. The lowest BCUT2D eigenvalue weighted by atomic mass is 9.97. The summed E-state index contributed by atoms with van der Waals surface area (Å²) < 4.78 is 0. The van der Waals surface area contributed by atoms with Crippen LogP contribution in [0.1, 0.15) is 32.4 Å². The second-order valence-corrected chi connectivity index (χ2v) is 5.40. The molecule has 1 aromatic rings. The Morgan fingerprint density at radius 2 is 1.84 bits per heavy atom. The van der Waals surface area contributed by atoms with E-state index in [0.717, 1.165) is 11.3 Å². The molecule has 0 bridgehead atoms. The zero-order valence-electron chi connectivity index (χ0n) is 11.4. The van der Waals surface area contributed by atoms with Crippen LogP contribution in [-0.2, 0) is 9.59 Å². The quantitative estimate of drug-likeness (QED) is 0.777. The molecule has 0 saturated carbocycles. The van der Waals surface area contributed by atoms with Crippen molar-refractivity contribution in [2.75, 3.05) is 11.4 Å². The van der Waals surface area contributed by atoms with E-state index in [1.54, 1.807) is 18.7 Å². The Labute approximate surface area is 112 Å². The zero-order chi connectivity index (χ0) is 14.2. The van der Waals surface area contributed by atoms with Crippen molar-refractivity contribution in [1.82, 2.24) is 5.32 Å². The summed E-state index contributed by atoms with van der Waals surface area (Å²) in [6, 6.07) is 7.60. The van der Waals surface area contributed by atoms with Gasteiger partial charge in [0.15, 0.2) is 0 Å². The highest BCUT2D eigenvalue weighted by atomic mass is 16.2. The number of carbonyl (C=O) groups is 2. The summed E-state index contributed by atoms with van der Waals surface area (Å²) in [4.78, 5) is 25.2. The molecule has 0 unspecified atom stereocenters. The second-order valence-electron chi connectivity index (χ2n) is 5.40. The minimum Gasteiger partial charge on any atom is -0.348 e. The normalized spacial score (nSPS) is 20.1. The first-order valence-electron chi connectivity index (χ1n) is 6.30. The molecule has 2 rings (SSSR count). The average molecular weight is 261 g/mol. The van der Waals surface area contributed by atoms with Crippen molar-refractivity contribution in [2.24, 2.45) is 5.73 Å². The van der Waals surface area contributed by atoms with Gasteiger partial charge in [0.2, 0.25) is 5.91 Å². The number of piperazine rings is 1. The molecule has 5 nitrogen and oxygen atoms in total. The van der Waals surface area contributed by atoms with E-state index >= 15 is 0 Å². The second kappa shape index (κ2) is 4.66. The van der Waals surface area contributed by atoms with Gasteiger partial charge in [-0.2, -0.15) is 0 Å². The van der Waals surface area contributed by atoms with Gasteiger partial charge in [-0.15, -0.1) is 0 Å². The highest BCUT2D eigenvalue weighted by molar-refractivity contribution is 6.06. The SMILES string of the molecule is C[C@@H](N)c1ccc(N2CC(=O)NC(=O)C2(C)C)cc1. The van der Waals surface area contributed by atoms with E-state index in [4.69, 9.17) is 5.73 Å². The Bertz CT molecular complexity index is 506. The maximum absolute atomic E-state index is 11.9. The van der Waals surface area contributed by atoms with E-state index in [2.05, 4.69) is 5.32 Å². The maximum atomic E-state index is 11.9. The number of hydrogen-bond acceptors (Lipinski definition) is 4. The Kier molecular flexibility index (Phi) is 3.32. The third kappa shape index (κ3) is 2.46. The number of nitrogens with one attached hydrogen (secondary N) is 1. The minimum absolute atomic E-state index is 0.0339. The number of nitrogens with two attached hydrogens (primary N) is 1. The third-order valence-electron chi connectivity index (χ3n) is 3.52. The summed E-state index contributed by atoms with van der Waals surface area (Å²) in [6.45, 7) is 5.69. The molecule has 1 atom stereocenters. The number of nitrogens with zero attached hydrogens (tertiary/aromatic N) is 1. The molecule has 0 aromatic heterocycles. The number of carbonyl (C=O) groups excluding carboxylic acids is 2. The maximum Gasteiger partial charge on any atom is 0.251 e. The summed E-state index contributed by atoms with van der Waals surface area (Å²) in [6.07, 6.45) is 0. The Morgan fingerprint density at radius 3 is 2.37 bits per heavy atom. The third-order valence-corrected chi connectivity index (χ3v) is 3.52. The van der Waals surface area contributed by atoms with Gasteiger partial charge in [-0.25, -0.2) is 0 Å². The molecule has 1 saturated heterocycles. The largest absolute Gasteiger partial charge is 0.348 e. The summed E-state index contributed by atoms with van der Waals surface area (Å²) >= 11 is 0. The first-order valence-corrected chi connectivity index (χ1v) is 6.30. The smallest absolute Gasteiger partial charge is 0.251 e. The molecule has 2 amide bonds. The minimum atomic E-state index is -0.746. The fraction of sp³-hybridized carbons (Fsp3) is 0.429. The van der Waals surface area contributed by atoms with Crippen LogP contribution in [0.2, 0.25) is 0 Å². The first kappa shape index (κ1) is 13.5. The van der Waals surface area contributed by atoms with E-state index in [9.17, 15) is 9.59 Å². The molecule has 1 fully saturated rings. The monoisotopic (exact) mass is 261 g/mol. The van der Waals surface area contributed by atoms with Crippen molar-refractivity contribution >= 4 is 17.5 Å². The molecule has 0 spiro atoms. The summed E-state index contributed by atoms with van der Waals surface area (Å²) in [7, 11) is 0. The zero-order valence-corrected chi connectivity index (χ0v) is 11.4. The van der Waals surface area contributed by atoms with Crippen LogP contribution < -0.4 is 16.0 Å². The van der Waals surface area contributed by atoms with E-state index in [1.807, 2.05) is 31.2 Å². The molecule has 102 valence electrons. The van der Waals surface area contributed by atoms with Crippen molar-refractivity contribution in [3.05, 3.63) is 29.8 Å². The van der Waals surface area contributed by atoms with Crippen LogP contribution in [0.15, 0.2) is 24.3 Å². The number of rotatable bonds is 2. The number of amides is 2. The van der Waals surface area contributed by atoms with Crippen molar-refractivity contribution in [1.29, 1.82) is 0 Å². The highest BCUT2D eigenvalue weighted by Gasteiger charge is 2.40. The standard InChI is InChI=1S/C14H19N3O2/c1-9(15)10-4-6-11(7-5-10)17-8-12(18)16-13(19)14(17,2)3/h4-7,9H,8,15H2,1-3H3,(H,16,18,19)/t9-/m1/s1.